The lowest BCUT2D eigenvalue weighted by Crippen LogP contribution is -2.13. The fourth-order valence-corrected chi connectivity index (χ4v) is 1.53. The third-order valence-electron chi connectivity index (χ3n) is 2.27. The van der Waals surface area contributed by atoms with E-state index in [0.29, 0.717) is 5.56 Å². The predicted molar refractivity (Wildman–Crippen MR) is 58.1 cm³/mol. The molecule has 3 nitrogen and oxygen atoms in total. The van der Waals surface area contributed by atoms with E-state index in [1.165, 1.54) is 12.1 Å². The average molecular weight is 247 g/mol. The van der Waals surface area contributed by atoms with Gasteiger partial charge in [-0.1, -0.05) is 25.4 Å². The topological polar surface area (TPSA) is 57.5 Å². The molecule has 88 valence electrons. The minimum absolute atomic E-state index is 0.0674. The molecule has 16 heavy (non-hydrogen) atoms. The fourth-order valence-electron chi connectivity index (χ4n) is 1.30. The van der Waals surface area contributed by atoms with Crippen molar-refractivity contribution >= 4 is 17.6 Å². The summed E-state index contributed by atoms with van der Waals surface area (Å²) in [6, 6.07) is 2.75. The third kappa shape index (κ3) is 2.51. The highest BCUT2D eigenvalue weighted by Crippen LogP contribution is 2.29. The second-order valence-electron chi connectivity index (χ2n) is 3.80. The molecule has 1 atom stereocenters. The van der Waals surface area contributed by atoms with E-state index < -0.39 is 17.9 Å². The molecule has 0 aliphatic heterocycles. The zero-order chi connectivity index (χ0) is 12.5. The maximum atomic E-state index is 13.5. The summed E-state index contributed by atoms with van der Waals surface area (Å²) in [5.74, 6) is -2.32. The van der Waals surface area contributed by atoms with Crippen molar-refractivity contribution in [1.82, 2.24) is 0 Å². The van der Waals surface area contributed by atoms with Gasteiger partial charge in [-0.15, -0.1) is 0 Å². The minimum Gasteiger partial charge on any atom is -0.479 e. The Morgan fingerprint density at radius 1 is 1.44 bits per heavy atom. The Morgan fingerprint density at radius 2 is 2.00 bits per heavy atom. The largest absolute Gasteiger partial charge is 0.479 e. The van der Waals surface area contributed by atoms with Crippen LogP contribution in [0.2, 0.25) is 5.02 Å². The average Bonchev–Trinajstić information content (AvgIpc) is 2.20. The number of halogens is 2. The maximum absolute atomic E-state index is 13.5. The molecule has 0 aliphatic rings. The van der Waals surface area contributed by atoms with E-state index in [9.17, 15) is 14.3 Å². The van der Waals surface area contributed by atoms with Crippen LogP contribution in [0.25, 0.3) is 0 Å². The monoisotopic (exact) mass is 246 g/mol. The van der Waals surface area contributed by atoms with Crippen molar-refractivity contribution in [2.75, 3.05) is 0 Å². The van der Waals surface area contributed by atoms with Crippen molar-refractivity contribution in [3.8, 4) is 0 Å². The number of carboxylic acid groups (broad SMARTS) is 1. The van der Waals surface area contributed by atoms with Crippen molar-refractivity contribution in [1.29, 1.82) is 0 Å². The van der Waals surface area contributed by atoms with Crippen LogP contribution < -0.4 is 0 Å². The molecule has 1 aromatic carbocycles. The number of hydrogen-bond acceptors (Lipinski definition) is 2. The summed E-state index contributed by atoms with van der Waals surface area (Å²) in [7, 11) is 0. The summed E-state index contributed by atoms with van der Waals surface area (Å²) < 4.78 is 13.5. The van der Waals surface area contributed by atoms with E-state index >= 15 is 0 Å². The third-order valence-corrected chi connectivity index (χ3v) is 2.55. The van der Waals surface area contributed by atoms with Gasteiger partial charge in [-0.3, -0.25) is 0 Å². The van der Waals surface area contributed by atoms with Crippen LogP contribution in [0.15, 0.2) is 12.1 Å². The number of aliphatic carboxylic acids is 1. The SMILES string of the molecule is CC(C)c1cc(Cl)c(F)c(C(O)C(=O)O)c1. The molecule has 1 aromatic rings. The Labute approximate surface area is 97.5 Å². The van der Waals surface area contributed by atoms with Crippen LogP contribution >= 0.6 is 11.6 Å². The molecular weight excluding hydrogens is 235 g/mol. The minimum atomic E-state index is -1.89. The first-order chi connectivity index (χ1) is 7.34. The highest BCUT2D eigenvalue weighted by Gasteiger charge is 2.23. The van der Waals surface area contributed by atoms with E-state index in [4.69, 9.17) is 16.7 Å². The van der Waals surface area contributed by atoms with E-state index in [1.807, 2.05) is 13.8 Å². The molecule has 1 unspecified atom stereocenters. The van der Waals surface area contributed by atoms with Gasteiger partial charge >= 0.3 is 5.97 Å². The standard InChI is InChI=1S/C11H12ClFO3/c1-5(2)6-3-7(10(14)11(15)16)9(13)8(12)4-6/h3-5,10,14H,1-2H3,(H,15,16). The molecule has 5 heteroatoms. The van der Waals surface area contributed by atoms with Crippen LogP contribution in [0, 0.1) is 5.82 Å². The number of carboxylic acids is 1. The van der Waals surface area contributed by atoms with Crippen LogP contribution in [0.4, 0.5) is 4.39 Å². The number of aliphatic hydroxyl groups excluding tert-OH is 1. The molecule has 2 N–H and O–H groups in total. The van der Waals surface area contributed by atoms with Gasteiger partial charge in [0.15, 0.2) is 6.10 Å². The Hall–Kier alpha value is -1.13. The molecule has 0 spiro atoms. The normalized spacial score (nSPS) is 12.9. The van der Waals surface area contributed by atoms with Gasteiger partial charge in [0.05, 0.1) is 5.02 Å². The van der Waals surface area contributed by atoms with E-state index in [0.717, 1.165) is 0 Å². The van der Waals surface area contributed by atoms with Gasteiger partial charge in [0.1, 0.15) is 5.82 Å². The summed E-state index contributed by atoms with van der Waals surface area (Å²) in [6.45, 7) is 3.72. The number of benzene rings is 1. The molecule has 0 heterocycles. The van der Waals surface area contributed by atoms with Gasteiger partial charge in [0.25, 0.3) is 0 Å². The van der Waals surface area contributed by atoms with Gasteiger partial charge in [-0.25, -0.2) is 9.18 Å². The zero-order valence-electron chi connectivity index (χ0n) is 8.87. The van der Waals surface area contributed by atoms with E-state index in [2.05, 4.69) is 0 Å². The predicted octanol–water partition coefficient (Wildman–Crippen LogP) is 2.72. The smallest absolute Gasteiger partial charge is 0.337 e. The summed E-state index contributed by atoms with van der Waals surface area (Å²) in [4.78, 5) is 10.6. The molecule has 0 fully saturated rings. The molecular formula is C11H12ClFO3. The van der Waals surface area contributed by atoms with Crippen molar-refractivity contribution in [3.63, 3.8) is 0 Å². The lowest BCUT2D eigenvalue weighted by atomic mass is 9.98. The van der Waals surface area contributed by atoms with Gasteiger partial charge in [-0.2, -0.15) is 0 Å². The molecule has 0 bridgehead atoms. The highest BCUT2D eigenvalue weighted by molar-refractivity contribution is 6.30. The molecule has 0 saturated carbocycles. The van der Waals surface area contributed by atoms with Crippen molar-refractivity contribution in [2.24, 2.45) is 0 Å². The van der Waals surface area contributed by atoms with Crippen LogP contribution in [0.5, 0.6) is 0 Å². The van der Waals surface area contributed by atoms with Gasteiger partial charge in [-0.05, 0) is 23.6 Å². The molecule has 0 radical (unpaired) electrons. The Morgan fingerprint density at radius 3 is 2.44 bits per heavy atom. The Balaban J connectivity index is 3.32. The van der Waals surface area contributed by atoms with Crippen molar-refractivity contribution in [3.05, 3.63) is 34.1 Å². The van der Waals surface area contributed by atoms with Crippen LogP contribution in [-0.4, -0.2) is 16.2 Å². The lowest BCUT2D eigenvalue weighted by Gasteiger charge is -2.13. The Kier molecular flexibility index (Phi) is 3.88. The molecule has 0 saturated heterocycles. The van der Waals surface area contributed by atoms with E-state index in [1.54, 1.807) is 0 Å². The van der Waals surface area contributed by atoms with Crippen LogP contribution in [0.1, 0.15) is 37.0 Å². The summed E-state index contributed by atoms with van der Waals surface area (Å²) in [5.41, 5.74) is 0.380. The zero-order valence-corrected chi connectivity index (χ0v) is 9.62. The number of aliphatic hydroxyl groups is 1. The molecule has 0 aromatic heterocycles. The summed E-state index contributed by atoms with van der Waals surface area (Å²) in [6.07, 6.45) is -1.89. The maximum Gasteiger partial charge on any atom is 0.337 e. The summed E-state index contributed by atoms with van der Waals surface area (Å²) in [5, 5.41) is 17.8. The molecule has 0 aliphatic carbocycles. The van der Waals surface area contributed by atoms with Crippen molar-refractivity contribution in [2.45, 2.75) is 25.9 Å². The highest BCUT2D eigenvalue weighted by atomic mass is 35.5. The first kappa shape index (κ1) is 12.9. The second kappa shape index (κ2) is 4.80. The first-order valence-electron chi connectivity index (χ1n) is 4.74. The van der Waals surface area contributed by atoms with Crippen LogP contribution in [0.3, 0.4) is 0 Å². The number of hydrogen-bond donors (Lipinski definition) is 2. The Bertz CT molecular complexity index is 418. The number of rotatable bonds is 3. The summed E-state index contributed by atoms with van der Waals surface area (Å²) >= 11 is 5.63. The van der Waals surface area contributed by atoms with Gasteiger partial charge < -0.3 is 10.2 Å². The number of carbonyl (C=O) groups is 1. The lowest BCUT2D eigenvalue weighted by molar-refractivity contribution is -0.147. The van der Waals surface area contributed by atoms with Gasteiger partial charge in [0.2, 0.25) is 0 Å². The van der Waals surface area contributed by atoms with E-state index in [-0.39, 0.29) is 16.5 Å². The first-order valence-corrected chi connectivity index (χ1v) is 5.12. The fraction of sp³-hybridized carbons (Fsp3) is 0.364. The van der Waals surface area contributed by atoms with Crippen LogP contribution in [-0.2, 0) is 4.79 Å². The molecule has 1 rings (SSSR count). The van der Waals surface area contributed by atoms with Gasteiger partial charge in [0, 0.05) is 5.56 Å². The molecule has 0 amide bonds. The quantitative estimate of drug-likeness (QED) is 0.862. The second-order valence-corrected chi connectivity index (χ2v) is 4.21. The van der Waals surface area contributed by atoms with Crippen molar-refractivity contribution < 1.29 is 19.4 Å².